The summed E-state index contributed by atoms with van der Waals surface area (Å²) in [6, 6.07) is 1.00. The van der Waals surface area contributed by atoms with Gasteiger partial charge >= 0.3 is 12.1 Å². The Balaban J connectivity index is 2.85. The molecule has 1 amide bonds. The first-order valence-corrected chi connectivity index (χ1v) is 6.78. The average Bonchev–Trinajstić information content (AvgIpc) is 2.24. The third-order valence-corrected chi connectivity index (χ3v) is 2.63. The summed E-state index contributed by atoms with van der Waals surface area (Å²) in [6.45, 7) is 5.21. The fourth-order valence-electron chi connectivity index (χ4n) is 1.50. The van der Waals surface area contributed by atoms with Crippen LogP contribution in [0.5, 0.6) is 0 Å². The maximum absolute atomic E-state index is 11.8. The minimum atomic E-state index is -1.02. The number of carboxylic acid groups (broad SMARTS) is 1. The van der Waals surface area contributed by atoms with Crippen LogP contribution < -0.4 is 5.32 Å². The molecule has 7 heteroatoms. The summed E-state index contributed by atoms with van der Waals surface area (Å²) in [7, 11) is 0. The number of hydrogen-bond acceptors (Lipinski definition) is 4. The van der Waals surface area contributed by atoms with Gasteiger partial charge in [0.1, 0.15) is 5.60 Å². The quantitative estimate of drug-likeness (QED) is 0.876. The van der Waals surface area contributed by atoms with Crippen molar-refractivity contribution in [1.82, 2.24) is 10.3 Å². The first kappa shape index (κ1) is 16.4. The maximum Gasteiger partial charge on any atom is 0.408 e. The van der Waals surface area contributed by atoms with Crippen molar-refractivity contribution in [3.8, 4) is 0 Å². The molecule has 0 bridgehead atoms. The molecule has 1 heterocycles. The summed E-state index contributed by atoms with van der Waals surface area (Å²) in [5, 5.41) is 11.5. The van der Waals surface area contributed by atoms with Crippen LogP contribution in [0.2, 0.25) is 0 Å². The van der Waals surface area contributed by atoms with Crippen LogP contribution >= 0.6 is 15.9 Å². The average molecular weight is 345 g/mol. The summed E-state index contributed by atoms with van der Waals surface area (Å²) in [4.78, 5) is 26.6. The Morgan fingerprint density at radius 2 is 2.10 bits per heavy atom. The van der Waals surface area contributed by atoms with E-state index < -0.39 is 23.7 Å². The highest BCUT2D eigenvalue weighted by Gasteiger charge is 2.22. The third kappa shape index (κ3) is 6.01. The molecule has 0 aromatic carbocycles. The molecule has 0 spiro atoms. The zero-order valence-electron chi connectivity index (χ0n) is 11.5. The minimum Gasteiger partial charge on any atom is -0.481 e. The molecule has 1 atom stereocenters. The number of rotatable bonds is 4. The van der Waals surface area contributed by atoms with Crippen LogP contribution in [0.3, 0.4) is 0 Å². The van der Waals surface area contributed by atoms with Gasteiger partial charge in [0.2, 0.25) is 0 Å². The molecule has 0 aliphatic carbocycles. The number of ether oxygens (including phenoxy) is 1. The van der Waals surface area contributed by atoms with Crippen LogP contribution in [0.25, 0.3) is 0 Å². The van der Waals surface area contributed by atoms with Crippen molar-refractivity contribution in [2.45, 2.75) is 38.8 Å². The highest BCUT2D eigenvalue weighted by atomic mass is 79.9. The van der Waals surface area contributed by atoms with Crippen molar-refractivity contribution < 1.29 is 19.4 Å². The van der Waals surface area contributed by atoms with E-state index >= 15 is 0 Å². The molecule has 2 N–H and O–H groups in total. The lowest BCUT2D eigenvalue weighted by atomic mass is 10.1. The summed E-state index contributed by atoms with van der Waals surface area (Å²) >= 11 is 3.26. The van der Waals surface area contributed by atoms with Gasteiger partial charge in [-0.1, -0.05) is 0 Å². The number of hydrogen-bond donors (Lipinski definition) is 2. The van der Waals surface area contributed by atoms with E-state index in [2.05, 4.69) is 26.2 Å². The normalized spacial score (nSPS) is 12.6. The topological polar surface area (TPSA) is 88.5 Å². The van der Waals surface area contributed by atoms with Crippen molar-refractivity contribution in [3.63, 3.8) is 0 Å². The Morgan fingerprint density at radius 3 is 2.60 bits per heavy atom. The maximum atomic E-state index is 11.8. The standard InChI is InChI=1S/C13H17BrN2O4/c1-13(2,3)20-12(19)16-10(5-11(17)18)8-4-9(14)7-15-6-8/h4,6-7,10H,5H2,1-3H3,(H,16,19)(H,17,18)/t10-/m0/s1. The Kier molecular flexibility index (Phi) is 5.50. The van der Waals surface area contributed by atoms with Crippen LogP contribution in [-0.4, -0.2) is 27.8 Å². The Hall–Kier alpha value is -1.63. The molecule has 0 aliphatic rings. The van der Waals surface area contributed by atoms with Gasteiger partial charge in [0.25, 0.3) is 0 Å². The van der Waals surface area contributed by atoms with Gasteiger partial charge in [-0.3, -0.25) is 9.78 Å². The van der Waals surface area contributed by atoms with Crippen LogP contribution in [0.4, 0.5) is 4.79 Å². The summed E-state index contributed by atoms with van der Waals surface area (Å²) in [5.74, 6) is -1.02. The predicted molar refractivity (Wildman–Crippen MR) is 76.3 cm³/mol. The Morgan fingerprint density at radius 1 is 1.45 bits per heavy atom. The molecular weight excluding hydrogens is 328 g/mol. The van der Waals surface area contributed by atoms with E-state index in [1.54, 1.807) is 33.0 Å². The summed E-state index contributed by atoms with van der Waals surface area (Å²) in [6.07, 6.45) is 2.17. The van der Waals surface area contributed by atoms with Crippen LogP contribution in [0.1, 0.15) is 38.8 Å². The molecule has 0 fully saturated rings. The number of carbonyl (C=O) groups is 2. The molecule has 1 rings (SSSR count). The number of aliphatic carboxylic acids is 1. The fourth-order valence-corrected chi connectivity index (χ4v) is 1.88. The van der Waals surface area contributed by atoms with E-state index in [1.807, 2.05) is 0 Å². The van der Waals surface area contributed by atoms with Crippen molar-refractivity contribution in [1.29, 1.82) is 0 Å². The van der Waals surface area contributed by atoms with Gasteiger partial charge in [-0.25, -0.2) is 4.79 Å². The van der Waals surface area contributed by atoms with Gasteiger partial charge in [0.05, 0.1) is 12.5 Å². The number of aromatic nitrogens is 1. The first-order valence-electron chi connectivity index (χ1n) is 5.99. The van der Waals surface area contributed by atoms with E-state index in [-0.39, 0.29) is 6.42 Å². The van der Waals surface area contributed by atoms with E-state index in [0.717, 1.165) is 0 Å². The largest absolute Gasteiger partial charge is 0.481 e. The number of amides is 1. The van der Waals surface area contributed by atoms with Gasteiger partial charge in [0.15, 0.2) is 0 Å². The van der Waals surface area contributed by atoms with E-state index in [1.165, 1.54) is 6.20 Å². The van der Waals surface area contributed by atoms with Gasteiger partial charge in [0, 0.05) is 16.9 Å². The number of nitrogens with zero attached hydrogens (tertiary/aromatic N) is 1. The second-order valence-electron chi connectivity index (χ2n) is 5.23. The Labute approximate surface area is 125 Å². The minimum absolute atomic E-state index is 0.253. The molecule has 0 aliphatic heterocycles. The van der Waals surface area contributed by atoms with E-state index in [4.69, 9.17) is 9.84 Å². The van der Waals surface area contributed by atoms with Crippen LogP contribution in [0.15, 0.2) is 22.9 Å². The van der Waals surface area contributed by atoms with E-state index in [0.29, 0.717) is 10.0 Å². The van der Waals surface area contributed by atoms with Crippen molar-refractivity contribution in [2.75, 3.05) is 0 Å². The number of pyridine rings is 1. The van der Waals surface area contributed by atoms with Crippen LogP contribution in [-0.2, 0) is 9.53 Å². The number of carbonyl (C=O) groups excluding carboxylic acids is 1. The summed E-state index contributed by atoms with van der Waals surface area (Å²) in [5.41, 5.74) is -0.0551. The highest BCUT2D eigenvalue weighted by Crippen LogP contribution is 2.20. The zero-order chi connectivity index (χ0) is 15.3. The lowest BCUT2D eigenvalue weighted by molar-refractivity contribution is -0.137. The second-order valence-corrected chi connectivity index (χ2v) is 6.15. The molecule has 0 saturated heterocycles. The summed E-state index contributed by atoms with van der Waals surface area (Å²) < 4.78 is 5.83. The van der Waals surface area contributed by atoms with Crippen molar-refractivity contribution >= 4 is 28.0 Å². The molecule has 0 radical (unpaired) electrons. The Bertz CT molecular complexity index is 499. The first-order chi connectivity index (χ1) is 9.17. The molecule has 6 nitrogen and oxygen atoms in total. The molecule has 0 saturated carbocycles. The molecule has 110 valence electrons. The van der Waals surface area contributed by atoms with Crippen molar-refractivity contribution in [3.05, 3.63) is 28.5 Å². The monoisotopic (exact) mass is 344 g/mol. The molecule has 20 heavy (non-hydrogen) atoms. The zero-order valence-corrected chi connectivity index (χ0v) is 13.1. The third-order valence-electron chi connectivity index (χ3n) is 2.20. The van der Waals surface area contributed by atoms with Gasteiger partial charge in [-0.05, 0) is 48.3 Å². The molecular formula is C13H17BrN2O4. The fraction of sp³-hybridized carbons (Fsp3) is 0.462. The lowest BCUT2D eigenvalue weighted by Crippen LogP contribution is -2.35. The van der Waals surface area contributed by atoms with Crippen LogP contribution in [0, 0.1) is 0 Å². The van der Waals surface area contributed by atoms with Gasteiger partial charge in [-0.15, -0.1) is 0 Å². The second kappa shape index (κ2) is 6.69. The van der Waals surface area contributed by atoms with Gasteiger partial charge < -0.3 is 15.2 Å². The number of nitrogens with one attached hydrogen (secondary N) is 1. The highest BCUT2D eigenvalue weighted by molar-refractivity contribution is 9.10. The number of halogens is 1. The molecule has 0 unspecified atom stereocenters. The number of alkyl carbamates (subject to hydrolysis) is 1. The lowest BCUT2D eigenvalue weighted by Gasteiger charge is -2.23. The van der Waals surface area contributed by atoms with Crippen molar-refractivity contribution in [2.24, 2.45) is 0 Å². The predicted octanol–water partition coefficient (Wildman–Crippen LogP) is 2.88. The van der Waals surface area contributed by atoms with Gasteiger partial charge in [-0.2, -0.15) is 0 Å². The molecule has 1 aromatic rings. The SMILES string of the molecule is CC(C)(C)OC(=O)N[C@@H](CC(=O)O)c1cncc(Br)c1. The molecule has 1 aromatic heterocycles. The smallest absolute Gasteiger partial charge is 0.408 e. The van der Waals surface area contributed by atoms with E-state index in [9.17, 15) is 9.59 Å². The number of carboxylic acids is 1.